The molecular formula is C31H52O2. The van der Waals surface area contributed by atoms with Gasteiger partial charge in [0.15, 0.2) is 0 Å². The molecule has 0 saturated heterocycles. The molecule has 0 aromatic heterocycles. The molecular weight excluding hydrogens is 404 g/mol. The van der Waals surface area contributed by atoms with Crippen LogP contribution in [0.25, 0.3) is 0 Å². The Labute approximate surface area is 204 Å². The number of aliphatic carboxylic acids is 1. The molecule has 3 saturated carbocycles. The topological polar surface area (TPSA) is 37.3 Å². The van der Waals surface area contributed by atoms with E-state index in [2.05, 4.69) is 54.5 Å². The van der Waals surface area contributed by atoms with Crippen molar-refractivity contribution in [3.63, 3.8) is 0 Å². The SMILES string of the molecule is CCCCCC1(C)C(CC)CCC2(C)C1CC=C1C3CC(C)(C)CCC3(C(=O)O)CCC12C. The molecule has 0 aliphatic heterocycles. The number of rotatable bonds is 6. The molecule has 4 rings (SSSR count). The summed E-state index contributed by atoms with van der Waals surface area (Å²) in [5.41, 5.74) is 2.14. The van der Waals surface area contributed by atoms with E-state index in [9.17, 15) is 9.90 Å². The summed E-state index contributed by atoms with van der Waals surface area (Å²) < 4.78 is 0. The maximum Gasteiger partial charge on any atom is 0.310 e. The molecule has 2 heteroatoms. The second-order valence-electron chi connectivity index (χ2n) is 14.2. The van der Waals surface area contributed by atoms with Gasteiger partial charge in [0.1, 0.15) is 0 Å². The zero-order valence-electron chi connectivity index (χ0n) is 22.9. The Balaban J connectivity index is 1.77. The molecule has 2 nitrogen and oxygen atoms in total. The third-order valence-corrected chi connectivity index (χ3v) is 12.3. The molecule has 0 spiro atoms. The fourth-order valence-electron chi connectivity index (χ4n) is 9.87. The van der Waals surface area contributed by atoms with Crippen molar-refractivity contribution in [2.75, 3.05) is 0 Å². The van der Waals surface area contributed by atoms with Crippen molar-refractivity contribution in [2.24, 2.45) is 44.8 Å². The Morgan fingerprint density at radius 3 is 2.33 bits per heavy atom. The van der Waals surface area contributed by atoms with Crippen LogP contribution in [0.4, 0.5) is 0 Å². The maximum atomic E-state index is 12.8. The summed E-state index contributed by atoms with van der Waals surface area (Å²) in [4.78, 5) is 12.8. The first-order valence-corrected chi connectivity index (χ1v) is 14.3. The number of carbonyl (C=O) groups is 1. The molecule has 7 unspecified atom stereocenters. The van der Waals surface area contributed by atoms with Gasteiger partial charge in [0, 0.05) is 0 Å². The number of hydrogen-bond donors (Lipinski definition) is 1. The second-order valence-corrected chi connectivity index (χ2v) is 14.2. The van der Waals surface area contributed by atoms with E-state index < -0.39 is 11.4 Å². The number of hydrogen-bond acceptors (Lipinski definition) is 1. The Morgan fingerprint density at radius 2 is 1.70 bits per heavy atom. The van der Waals surface area contributed by atoms with Gasteiger partial charge >= 0.3 is 5.97 Å². The van der Waals surface area contributed by atoms with Crippen molar-refractivity contribution in [3.05, 3.63) is 11.6 Å². The van der Waals surface area contributed by atoms with Crippen molar-refractivity contribution >= 4 is 5.97 Å². The van der Waals surface area contributed by atoms with Crippen LogP contribution in [-0.2, 0) is 4.79 Å². The second kappa shape index (κ2) is 8.41. The predicted molar refractivity (Wildman–Crippen MR) is 138 cm³/mol. The van der Waals surface area contributed by atoms with Crippen LogP contribution in [0.1, 0.15) is 132 Å². The normalized spacial score (nSPS) is 46.5. The third-order valence-electron chi connectivity index (χ3n) is 12.3. The standard InChI is InChI=1S/C31H52O2/c1-8-10-11-15-28(5)22(9-2)14-16-30(7)25(28)13-12-23-24-21-27(3,4)17-19-31(24,26(32)33)20-18-29(23,30)6/h12,22,24-25H,8-11,13-21H2,1-7H3,(H,32,33). The van der Waals surface area contributed by atoms with E-state index in [0.29, 0.717) is 5.41 Å². The van der Waals surface area contributed by atoms with Gasteiger partial charge in [-0.1, -0.05) is 85.8 Å². The average Bonchev–Trinajstić information content (AvgIpc) is 2.74. The van der Waals surface area contributed by atoms with Crippen LogP contribution >= 0.6 is 0 Å². The Hall–Kier alpha value is -0.790. The highest BCUT2D eigenvalue weighted by Gasteiger charge is 2.67. The predicted octanol–water partition coefficient (Wildman–Crippen LogP) is 9.04. The first kappa shape index (κ1) is 25.3. The molecule has 188 valence electrons. The molecule has 1 N–H and O–H groups in total. The van der Waals surface area contributed by atoms with Crippen LogP contribution in [0.3, 0.4) is 0 Å². The minimum Gasteiger partial charge on any atom is -0.481 e. The number of unbranched alkanes of at least 4 members (excludes halogenated alkanes) is 2. The summed E-state index contributed by atoms with van der Waals surface area (Å²) in [5.74, 6) is 1.27. The van der Waals surface area contributed by atoms with Crippen LogP contribution in [0.5, 0.6) is 0 Å². The van der Waals surface area contributed by atoms with E-state index >= 15 is 0 Å². The van der Waals surface area contributed by atoms with Crippen molar-refractivity contribution in [3.8, 4) is 0 Å². The molecule has 3 fully saturated rings. The molecule has 0 heterocycles. The van der Waals surface area contributed by atoms with Crippen LogP contribution in [0.2, 0.25) is 0 Å². The largest absolute Gasteiger partial charge is 0.481 e. The first-order chi connectivity index (χ1) is 15.4. The highest BCUT2D eigenvalue weighted by Crippen LogP contribution is 2.74. The highest BCUT2D eigenvalue weighted by atomic mass is 16.4. The van der Waals surface area contributed by atoms with Gasteiger partial charge in [0.25, 0.3) is 0 Å². The molecule has 0 aromatic carbocycles. The number of allylic oxidation sites excluding steroid dienone is 2. The molecule has 33 heavy (non-hydrogen) atoms. The molecule has 0 radical (unpaired) electrons. The minimum atomic E-state index is -0.519. The lowest BCUT2D eigenvalue weighted by Crippen LogP contribution is -2.62. The summed E-state index contributed by atoms with van der Waals surface area (Å²) in [6.45, 7) is 17.3. The van der Waals surface area contributed by atoms with Crippen LogP contribution in [0.15, 0.2) is 11.6 Å². The van der Waals surface area contributed by atoms with Gasteiger partial charge in [-0.25, -0.2) is 0 Å². The highest BCUT2D eigenvalue weighted by molar-refractivity contribution is 5.76. The summed E-state index contributed by atoms with van der Waals surface area (Å²) in [6, 6.07) is 0. The van der Waals surface area contributed by atoms with E-state index in [-0.39, 0.29) is 22.2 Å². The fraction of sp³-hybridized carbons (Fsp3) is 0.903. The van der Waals surface area contributed by atoms with Gasteiger partial charge < -0.3 is 5.11 Å². The van der Waals surface area contributed by atoms with E-state index in [1.54, 1.807) is 5.57 Å². The number of fused-ring (bicyclic) bond motifs is 5. The molecule has 4 aliphatic rings. The smallest absolute Gasteiger partial charge is 0.310 e. The molecule has 0 aromatic rings. The van der Waals surface area contributed by atoms with Gasteiger partial charge in [-0.2, -0.15) is 0 Å². The molecule has 4 aliphatic carbocycles. The van der Waals surface area contributed by atoms with Gasteiger partial charge in [0.2, 0.25) is 0 Å². The van der Waals surface area contributed by atoms with Crippen molar-refractivity contribution in [1.29, 1.82) is 0 Å². The van der Waals surface area contributed by atoms with Crippen LogP contribution in [0, 0.1) is 44.8 Å². The van der Waals surface area contributed by atoms with E-state index in [1.807, 2.05) is 0 Å². The lowest BCUT2D eigenvalue weighted by Gasteiger charge is -2.68. The minimum absolute atomic E-state index is 0.150. The Kier molecular flexibility index (Phi) is 6.45. The lowest BCUT2D eigenvalue weighted by molar-refractivity contribution is -0.173. The Bertz CT molecular complexity index is 795. The fourth-order valence-corrected chi connectivity index (χ4v) is 9.87. The number of carboxylic acid groups (broad SMARTS) is 1. The zero-order valence-corrected chi connectivity index (χ0v) is 22.9. The molecule has 0 amide bonds. The monoisotopic (exact) mass is 456 g/mol. The lowest BCUT2D eigenvalue weighted by atomic mass is 9.35. The van der Waals surface area contributed by atoms with E-state index in [4.69, 9.17) is 0 Å². The van der Waals surface area contributed by atoms with Gasteiger partial charge in [-0.3, -0.25) is 4.79 Å². The molecule has 7 atom stereocenters. The summed E-state index contributed by atoms with van der Waals surface area (Å²) in [7, 11) is 0. The Morgan fingerprint density at radius 1 is 1.00 bits per heavy atom. The molecule has 0 bridgehead atoms. The first-order valence-electron chi connectivity index (χ1n) is 14.3. The quantitative estimate of drug-likeness (QED) is 0.320. The maximum absolute atomic E-state index is 12.8. The van der Waals surface area contributed by atoms with E-state index in [0.717, 1.165) is 43.9 Å². The van der Waals surface area contributed by atoms with Crippen molar-refractivity contribution in [1.82, 2.24) is 0 Å². The van der Waals surface area contributed by atoms with Crippen molar-refractivity contribution in [2.45, 2.75) is 132 Å². The summed E-state index contributed by atoms with van der Waals surface area (Å²) >= 11 is 0. The van der Waals surface area contributed by atoms with Crippen LogP contribution < -0.4 is 0 Å². The zero-order chi connectivity index (χ0) is 24.3. The van der Waals surface area contributed by atoms with Crippen LogP contribution in [-0.4, -0.2) is 11.1 Å². The van der Waals surface area contributed by atoms with Crippen molar-refractivity contribution < 1.29 is 9.90 Å². The van der Waals surface area contributed by atoms with E-state index in [1.165, 1.54) is 51.4 Å². The summed E-state index contributed by atoms with van der Waals surface area (Å²) in [5, 5.41) is 10.5. The average molecular weight is 457 g/mol. The third kappa shape index (κ3) is 3.58. The number of carboxylic acids is 1. The van der Waals surface area contributed by atoms with Gasteiger partial charge in [0.05, 0.1) is 5.41 Å². The van der Waals surface area contributed by atoms with Gasteiger partial charge in [-0.05, 0) is 97.2 Å². The summed E-state index contributed by atoms with van der Waals surface area (Å²) in [6.07, 6.45) is 18.1. The van der Waals surface area contributed by atoms with Gasteiger partial charge in [-0.15, -0.1) is 0 Å².